The minimum Gasteiger partial charge on any atom is -0.480 e. The monoisotopic (exact) mass is 571 g/mol. The highest BCUT2D eigenvalue weighted by Gasteiger charge is 2.29. The molecule has 0 radical (unpaired) electrons. The van der Waals surface area contributed by atoms with E-state index in [-0.39, 0.29) is 24.8 Å². The molecule has 0 saturated carbocycles. The van der Waals surface area contributed by atoms with Gasteiger partial charge in [0.25, 0.3) is 0 Å². The largest absolute Gasteiger partial charge is 0.480 e. The Balaban J connectivity index is 2.57. The molecule has 5 amide bonds. The Morgan fingerprint density at radius 1 is 0.950 bits per heavy atom. The van der Waals surface area contributed by atoms with Crippen LogP contribution < -0.4 is 43.4 Å². The normalized spacial score (nSPS) is 16.6. The topological polar surface area (TPSA) is 279 Å². The molecule has 0 aromatic rings. The molecule has 0 bridgehead atoms. The van der Waals surface area contributed by atoms with Gasteiger partial charge >= 0.3 is 5.97 Å². The zero-order valence-electron chi connectivity index (χ0n) is 22.7. The lowest BCUT2D eigenvalue weighted by Gasteiger charge is -2.22. The van der Waals surface area contributed by atoms with E-state index >= 15 is 0 Å². The predicted octanol–water partition coefficient (Wildman–Crippen LogP) is -4.79. The van der Waals surface area contributed by atoms with Gasteiger partial charge in [0, 0.05) is 6.54 Å². The average molecular weight is 572 g/mol. The Kier molecular flexibility index (Phi) is 15.0. The molecule has 1 rings (SSSR count). The molecule has 1 saturated heterocycles. The molecule has 12 N–H and O–H groups in total. The maximum atomic E-state index is 12.7. The molecule has 1 fully saturated rings. The number of aliphatic carboxylic acids is 1. The van der Waals surface area contributed by atoms with Crippen LogP contribution in [-0.2, 0) is 28.8 Å². The van der Waals surface area contributed by atoms with Crippen LogP contribution in [-0.4, -0.2) is 109 Å². The van der Waals surface area contributed by atoms with E-state index in [1.54, 1.807) is 13.8 Å². The Bertz CT molecular complexity index is 933. The summed E-state index contributed by atoms with van der Waals surface area (Å²) in [4.78, 5) is 76.9. The highest BCUT2D eigenvalue weighted by molar-refractivity contribution is 5.94. The number of carbonyl (C=O) groups excluding carboxylic acids is 5. The third kappa shape index (κ3) is 12.7. The lowest BCUT2D eigenvalue weighted by Crippen LogP contribution is -2.56. The molecule has 0 unspecified atom stereocenters. The van der Waals surface area contributed by atoms with Crippen LogP contribution in [0.5, 0.6) is 0 Å². The van der Waals surface area contributed by atoms with E-state index in [1.807, 2.05) is 0 Å². The van der Waals surface area contributed by atoms with Crippen molar-refractivity contribution in [3.8, 4) is 0 Å². The minimum absolute atomic E-state index is 0.105. The number of carboxylic acids is 1. The molecule has 4 atom stereocenters. The van der Waals surface area contributed by atoms with Crippen molar-refractivity contribution < 1.29 is 39.0 Å². The van der Waals surface area contributed by atoms with Crippen molar-refractivity contribution in [3.63, 3.8) is 0 Å². The predicted molar refractivity (Wildman–Crippen MR) is 142 cm³/mol. The van der Waals surface area contributed by atoms with Crippen molar-refractivity contribution in [2.45, 2.75) is 63.7 Å². The molecule has 0 aromatic carbocycles. The van der Waals surface area contributed by atoms with Crippen LogP contribution in [0, 0.1) is 5.92 Å². The lowest BCUT2D eigenvalue weighted by molar-refractivity contribution is -0.143. The second kappa shape index (κ2) is 17.6. The minimum atomic E-state index is -1.44. The number of carboxylic acid groups (broad SMARTS) is 1. The van der Waals surface area contributed by atoms with Crippen molar-refractivity contribution in [3.05, 3.63) is 0 Å². The van der Waals surface area contributed by atoms with Gasteiger partial charge in [0.05, 0.1) is 25.7 Å². The Morgan fingerprint density at radius 2 is 1.62 bits per heavy atom. The number of nitrogens with zero attached hydrogens (tertiary/aromatic N) is 1. The first-order valence-electron chi connectivity index (χ1n) is 12.9. The zero-order chi connectivity index (χ0) is 30.2. The van der Waals surface area contributed by atoms with Crippen LogP contribution in [0.15, 0.2) is 4.99 Å². The number of hydrogen-bond acceptors (Lipinski definition) is 9. The van der Waals surface area contributed by atoms with Crippen LogP contribution in [0.1, 0.15) is 39.5 Å². The fourth-order valence-electron chi connectivity index (χ4n) is 3.69. The van der Waals surface area contributed by atoms with E-state index in [9.17, 15) is 39.0 Å². The van der Waals surface area contributed by atoms with Gasteiger partial charge in [0.15, 0.2) is 5.96 Å². The van der Waals surface area contributed by atoms with E-state index in [0.29, 0.717) is 19.4 Å². The fraction of sp³-hybridized carbons (Fsp3) is 0.696. The van der Waals surface area contributed by atoms with Gasteiger partial charge in [0.1, 0.15) is 18.1 Å². The summed E-state index contributed by atoms with van der Waals surface area (Å²) in [6.45, 7) is 2.19. The van der Waals surface area contributed by atoms with Gasteiger partial charge in [-0.15, -0.1) is 0 Å². The van der Waals surface area contributed by atoms with Crippen LogP contribution in [0.25, 0.3) is 0 Å². The standard InChI is InChI=1S/C23H41N9O8/c1-12(2)18(22(39)40)32-21(38)15(11-33)30-17(35)10-28-16(34)9-29-19(36)14(6-4-8-27-23(24)25)31-20(37)13-5-3-7-26-13/h12-15,18,26,33H,3-11H2,1-2H3,(H,28,34)(H,29,36)(H,30,35)(H,31,37)(H,32,38)(H,39,40)(H4,24,25,27)/t13-,14+,15+,18+/m1/s1. The van der Waals surface area contributed by atoms with Crippen molar-refractivity contribution in [2.75, 3.05) is 32.8 Å². The number of nitrogens with two attached hydrogens (primary N) is 2. The molecule has 1 heterocycles. The van der Waals surface area contributed by atoms with Gasteiger partial charge in [-0.2, -0.15) is 0 Å². The quantitative estimate of drug-likeness (QED) is 0.0449. The van der Waals surface area contributed by atoms with E-state index in [2.05, 4.69) is 36.9 Å². The summed E-state index contributed by atoms with van der Waals surface area (Å²) >= 11 is 0. The highest BCUT2D eigenvalue weighted by Crippen LogP contribution is 2.07. The van der Waals surface area contributed by atoms with Crippen molar-refractivity contribution >= 4 is 41.5 Å². The maximum Gasteiger partial charge on any atom is 0.326 e. The summed E-state index contributed by atoms with van der Waals surface area (Å²) in [5, 5.41) is 33.4. The number of rotatable bonds is 17. The van der Waals surface area contributed by atoms with Gasteiger partial charge in [-0.05, 0) is 38.1 Å². The molecular formula is C23H41N9O8. The smallest absolute Gasteiger partial charge is 0.326 e. The Labute approximate surface area is 231 Å². The van der Waals surface area contributed by atoms with E-state index in [1.165, 1.54) is 0 Å². The maximum absolute atomic E-state index is 12.7. The van der Waals surface area contributed by atoms with Gasteiger partial charge in [-0.25, -0.2) is 4.79 Å². The summed E-state index contributed by atoms with van der Waals surface area (Å²) in [7, 11) is 0. The van der Waals surface area contributed by atoms with Crippen molar-refractivity contribution in [1.82, 2.24) is 31.9 Å². The summed E-state index contributed by atoms with van der Waals surface area (Å²) in [6.07, 6.45) is 2.05. The number of aliphatic hydroxyl groups excluding tert-OH is 1. The second-order valence-corrected chi connectivity index (χ2v) is 9.52. The van der Waals surface area contributed by atoms with E-state index in [4.69, 9.17) is 11.5 Å². The Morgan fingerprint density at radius 3 is 2.17 bits per heavy atom. The molecule has 17 nitrogen and oxygen atoms in total. The Hall–Kier alpha value is -3.99. The van der Waals surface area contributed by atoms with E-state index in [0.717, 1.165) is 6.42 Å². The average Bonchev–Trinajstić information content (AvgIpc) is 3.44. The van der Waals surface area contributed by atoms with Gasteiger partial charge in [0.2, 0.25) is 29.5 Å². The van der Waals surface area contributed by atoms with Gasteiger partial charge in [-0.3, -0.25) is 29.0 Å². The summed E-state index contributed by atoms with van der Waals surface area (Å²) in [5.74, 6) is -5.26. The van der Waals surface area contributed by atoms with Crippen LogP contribution in [0.2, 0.25) is 0 Å². The van der Waals surface area contributed by atoms with Crippen molar-refractivity contribution in [1.29, 1.82) is 0 Å². The first-order valence-corrected chi connectivity index (χ1v) is 12.9. The summed E-state index contributed by atoms with van der Waals surface area (Å²) < 4.78 is 0. The first-order chi connectivity index (χ1) is 18.8. The third-order valence-corrected chi connectivity index (χ3v) is 5.89. The molecule has 0 aliphatic carbocycles. The number of amides is 5. The summed E-state index contributed by atoms with van der Waals surface area (Å²) in [5.41, 5.74) is 10.6. The number of aliphatic imine (C=N–C) groups is 1. The molecule has 1 aliphatic rings. The molecule has 226 valence electrons. The molecule has 17 heteroatoms. The number of hydrogen-bond donors (Lipinski definition) is 10. The SMILES string of the molecule is CC(C)[C@H](NC(=O)[C@H](CO)NC(=O)CNC(=O)CNC(=O)[C@H](CCCN=C(N)N)NC(=O)[C@H]1CCCN1)C(=O)O. The number of guanidine groups is 1. The summed E-state index contributed by atoms with van der Waals surface area (Å²) in [6, 6.07) is -4.04. The molecule has 0 spiro atoms. The van der Waals surface area contributed by atoms with Crippen LogP contribution >= 0.6 is 0 Å². The number of aliphatic hydroxyl groups is 1. The third-order valence-electron chi connectivity index (χ3n) is 5.89. The fourth-order valence-corrected chi connectivity index (χ4v) is 3.69. The van der Waals surface area contributed by atoms with Crippen molar-refractivity contribution in [2.24, 2.45) is 22.4 Å². The van der Waals surface area contributed by atoms with Crippen LogP contribution in [0.4, 0.5) is 0 Å². The van der Waals surface area contributed by atoms with Gasteiger partial charge < -0.3 is 53.6 Å². The van der Waals surface area contributed by atoms with Crippen LogP contribution in [0.3, 0.4) is 0 Å². The second-order valence-electron chi connectivity index (χ2n) is 9.52. The number of nitrogens with one attached hydrogen (secondary N) is 6. The molecular weight excluding hydrogens is 530 g/mol. The molecule has 40 heavy (non-hydrogen) atoms. The van der Waals surface area contributed by atoms with E-state index < -0.39 is 79.4 Å². The lowest BCUT2D eigenvalue weighted by atomic mass is 10.0. The first kappa shape index (κ1) is 34.0. The number of carbonyl (C=O) groups is 6. The highest BCUT2D eigenvalue weighted by atomic mass is 16.4. The molecule has 0 aromatic heterocycles. The zero-order valence-corrected chi connectivity index (χ0v) is 22.7. The molecule has 1 aliphatic heterocycles. The van der Waals surface area contributed by atoms with Gasteiger partial charge in [-0.1, -0.05) is 13.8 Å².